The van der Waals surface area contributed by atoms with Gasteiger partial charge in [0, 0.05) is 43.0 Å². The van der Waals surface area contributed by atoms with Crippen LogP contribution in [0.4, 0.5) is 17.1 Å². The van der Waals surface area contributed by atoms with Gasteiger partial charge in [-0.25, -0.2) is 0 Å². The van der Waals surface area contributed by atoms with E-state index in [1.54, 1.807) is 0 Å². The first-order chi connectivity index (χ1) is 14.4. The summed E-state index contributed by atoms with van der Waals surface area (Å²) in [5.74, 6) is 0.839. The normalized spacial score (nSPS) is 21.1. The van der Waals surface area contributed by atoms with Gasteiger partial charge < -0.3 is 16.0 Å². The number of nitrogens with one attached hydrogen (secondary N) is 3. The lowest BCUT2D eigenvalue weighted by atomic mass is 9.86. The summed E-state index contributed by atoms with van der Waals surface area (Å²) in [6.45, 7) is 7.17. The first-order valence-corrected chi connectivity index (χ1v) is 11.1. The summed E-state index contributed by atoms with van der Waals surface area (Å²) in [6.07, 6.45) is 5.13. The molecule has 2 aromatic carbocycles. The van der Waals surface area contributed by atoms with Gasteiger partial charge in [0.05, 0.1) is 11.4 Å². The Morgan fingerprint density at radius 1 is 1.03 bits per heavy atom. The van der Waals surface area contributed by atoms with Crippen LogP contribution in [0.3, 0.4) is 0 Å². The van der Waals surface area contributed by atoms with E-state index in [2.05, 4.69) is 34.7 Å². The predicted octanol–water partition coefficient (Wildman–Crippen LogP) is 5.05. The van der Waals surface area contributed by atoms with E-state index in [0.717, 1.165) is 35.9 Å². The number of hydrogen-bond acceptors (Lipinski definition) is 4. The van der Waals surface area contributed by atoms with Gasteiger partial charge in [0.2, 0.25) is 0 Å². The van der Waals surface area contributed by atoms with Crippen LogP contribution in [0, 0.1) is 5.92 Å². The smallest absolute Gasteiger partial charge is 0.255 e. The summed E-state index contributed by atoms with van der Waals surface area (Å²) in [6, 6.07) is 16.0. The summed E-state index contributed by atoms with van der Waals surface area (Å²) in [5.41, 5.74) is 3.66. The molecule has 5 nitrogen and oxygen atoms in total. The number of benzene rings is 2. The Morgan fingerprint density at radius 2 is 1.73 bits per heavy atom. The van der Waals surface area contributed by atoms with E-state index in [1.165, 1.54) is 25.8 Å². The number of anilines is 3. The molecule has 3 N–H and O–H groups in total. The molecular weight excluding hydrogens is 372 g/mol. The summed E-state index contributed by atoms with van der Waals surface area (Å²) in [7, 11) is 1.85. The zero-order valence-electron chi connectivity index (χ0n) is 18.4. The van der Waals surface area contributed by atoms with E-state index in [-0.39, 0.29) is 11.4 Å². The molecular formula is C25H34N4O. The largest absolute Gasteiger partial charge is 0.386 e. The lowest BCUT2D eigenvalue weighted by Gasteiger charge is -2.46. The van der Waals surface area contributed by atoms with Crippen LogP contribution in [0.2, 0.25) is 0 Å². The first kappa shape index (κ1) is 20.7. The minimum atomic E-state index is -0.0984. The fraction of sp³-hybridized carbons (Fsp3) is 0.480. The number of hydrogen-bond donors (Lipinski definition) is 3. The Kier molecular flexibility index (Phi) is 6.00. The Hall–Kier alpha value is -2.53. The molecule has 2 aliphatic rings. The van der Waals surface area contributed by atoms with Gasteiger partial charge in [0.15, 0.2) is 0 Å². The van der Waals surface area contributed by atoms with Crippen molar-refractivity contribution in [1.29, 1.82) is 0 Å². The van der Waals surface area contributed by atoms with Gasteiger partial charge in [0.1, 0.15) is 0 Å². The van der Waals surface area contributed by atoms with E-state index in [1.807, 2.05) is 55.6 Å². The quantitative estimate of drug-likeness (QED) is 0.603. The third-order valence-electron chi connectivity index (χ3n) is 6.49. The molecule has 0 spiro atoms. The van der Waals surface area contributed by atoms with Crippen LogP contribution in [0.5, 0.6) is 0 Å². The maximum absolute atomic E-state index is 12.6. The average molecular weight is 407 g/mol. The number of nitrogens with zero attached hydrogens (tertiary/aromatic N) is 1. The van der Waals surface area contributed by atoms with E-state index >= 15 is 0 Å². The van der Waals surface area contributed by atoms with Crippen molar-refractivity contribution < 1.29 is 4.79 Å². The van der Waals surface area contributed by atoms with Gasteiger partial charge in [0.25, 0.3) is 5.91 Å². The molecule has 1 amide bonds. The second-order valence-corrected chi connectivity index (χ2v) is 9.36. The van der Waals surface area contributed by atoms with Crippen molar-refractivity contribution in [2.45, 2.75) is 51.1 Å². The van der Waals surface area contributed by atoms with E-state index in [0.29, 0.717) is 11.6 Å². The third-order valence-corrected chi connectivity index (χ3v) is 6.49. The third kappa shape index (κ3) is 4.96. The first-order valence-electron chi connectivity index (χ1n) is 11.1. The van der Waals surface area contributed by atoms with Gasteiger partial charge in [-0.2, -0.15) is 0 Å². The summed E-state index contributed by atoms with van der Waals surface area (Å²) >= 11 is 0. The number of para-hydroxylation sites is 2. The van der Waals surface area contributed by atoms with Gasteiger partial charge in [-0.15, -0.1) is 0 Å². The number of amides is 1. The second-order valence-electron chi connectivity index (χ2n) is 9.36. The predicted molar refractivity (Wildman–Crippen MR) is 125 cm³/mol. The molecule has 1 unspecified atom stereocenters. The second kappa shape index (κ2) is 8.68. The number of likely N-dealkylation sites (tertiary alicyclic amines) is 1. The molecule has 0 radical (unpaired) electrons. The molecule has 1 aliphatic heterocycles. The van der Waals surface area contributed by atoms with Crippen LogP contribution >= 0.6 is 0 Å². The Balaban J connectivity index is 1.34. The molecule has 4 rings (SSSR count). The van der Waals surface area contributed by atoms with Gasteiger partial charge in [-0.3, -0.25) is 9.69 Å². The lowest BCUT2D eigenvalue weighted by Crippen LogP contribution is -2.53. The molecule has 2 aromatic rings. The fourth-order valence-electron chi connectivity index (χ4n) is 4.48. The van der Waals surface area contributed by atoms with Crippen molar-refractivity contribution in [1.82, 2.24) is 4.90 Å². The highest BCUT2D eigenvalue weighted by atomic mass is 16.1. The molecule has 1 atom stereocenters. The Morgan fingerprint density at radius 3 is 2.37 bits per heavy atom. The summed E-state index contributed by atoms with van der Waals surface area (Å²) < 4.78 is 0. The van der Waals surface area contributed by atoms with Crippen molar-refractivity contribution in [2.75, 3.05) is 36.1 Å². The van der Waals surface area contributed by atoms with Crippen LogP contribution in [-0.4, -0.2) is 42.5 Å². The number of rotatable bonds is 7. The minimum absolute atomic E-state index is 0.0984. The lowest BCUT2D eigenvalue weighted by molar-refractivity contribution is 0.0660. The van der Waals surface area contributed by atoms with Crippen molar-refractivity contribution >= 4 is 23.0 Å². The molecule has 1 saturated heterocycles. The summed E-state index contributed by atoms with van der Waals surface area (Å²) in [5, 5.41) is 9.78. The Labute approximate surface area is 180 Å². The minimum Gasteiger partial charge on any atom is -0.386 e. The van der Waals surface area contributed by atoms with Crippen molar-refractivity contribution in [2.24, 2.45) is 5.92 Å². The molecule has 30 heavy (non-hydrogen) atoms. The van der Waals surface area contributed by atoms with Crippen molar-refractivity contribution in [3.8, 4) is 0 Å². The number of piperidine rings is 1. The van der Waals surface area contributed by atoms with E-state index in [9.17, 15) is 4.79 Å². The van der Waals surface area contributed by atoms with Crippen molar-refractivity contribution in [3.63, 3.8) is 0 Å². The van der Waals surface area contributed by atoms with E-state index in [4.69, 9.17) is 0 Å². The molecule has 160 valence electrons. The van der Waals surface area contributed by atoms with Crippen LogP contribution < -0.4 is 16.0 Å². The number of carbonyl (C=O) groups excluding carboxylic acids is 1. The van der Waals surface area contributed by atoms with Gasteiger partial charge >= 0.3 is 0 Å². The van der Waals surface area contributed by atoms with Gasteiger partial charge in [-0.1, -0.05) is 12.1 Å². The fourth-order valence-corrected chi connectivity index (χ4v) is 4.48. The maximum atomic E-state index is 12.6. The monoisotopic (exact) mass is 406 g/mol. The number of carbonyl (C=O) groups is 1. The average Bonchev–Trinajstić information content (AvgIpc) is 3.55. The highest BCUT2D eigenvalue weighted by molar-refractivity contribution is 6.06. The van der Waals surface area contributed by atoms with Crippen LogP contribution in [-0.2, 0) is 0 Å². The molecule has 0 bridgehead atoms. The molecule has 1 aliphatic carbocycles. The molecule has 5 heteroatoms. The van der Waals surface area contributed by atoms with E-state index < -0.39 is 0 Å². The zero-order valence-corrected chi connectivity index (χ0v) is 18.4. The highest BCUT2D eigenvalue weighted by Crippen LogP contribution is 2.36. The standard InChI is InChI=1S/C25H34N4O/c1-25(2)16-21(14-15-29(25)17-18-8-9-18)27-20-12-10-19(11-13-20)24(30)28-23-7-5-4-6-22(23)26-3/h4-7,10-13,18,21,26-27H,8-9,14-17H2,1-3H3,(H,28,30). The Bertz CT molecular complexity index is 873. The topological polar surface area (TPSA) is 56.4 Å². The molecule has 0 aromatic heterocycles. The van der Waals surface area contributed by atoms with Gasteiger partial charge in [-0.05, 0) is 81.8 Å². The van der Waals surface area contributed by atoms with Crippen LogP contribution in [0.15, 0.2) is 48.5 Å². The van der Waals surface area contributed by atoms with Crippen LogP contribution in [0.1, 0.15) is 49.9 Å². The highest BCUT2D eigenvalue weighted by Gasteiger charge is 2.37. The van der Waals surface area contributed by atoms with Crippen LogP contribution in [0.25, 0.3) is 0 Å². The zero-order chi connectivity index (χ0) is 21.1. The summed E-state index contributed by atoms with van der Waals surface area (Å²) in [4.78, 5) is 15.3. The molecule has 2 fully saturated rings. The molecule has 1 heterocycles. The molecule has 1 saturated carbocycles. The SMILES string of the molecule is CNc1ccccc1NC(=O)c1ccc(NC2CCN(CC3CC3)C(C)(C)C2)cc1. The maximum Gasteiger partial charge on any atom is 0.255 e. The van der Waals surface area contributed by atoms with Crippen molar-refractivity contribution in [3.05, 3.63) is 54.1 Å².